The molecule has 160 valence electrons. The number of nitrogens with zero attached hydrogens (tertiary/aromatic N) is 1. The molecule has 0 aliphatic heterocycles. The summed E-state index contributed by atoms with van der Waals surface area (Å²) in [6.07, 6.45) is 1.33. The lowest BCUT2D eigenvalue weighted by Gasteiger charge is -2.18. The van der Waals surface area contributed by atoms with Crippen LogP contribution in [-0.2, 0) is 11.3 Å². The number of halogens is 1. The fourth-order valence-corrected chi connectivity index (χ4v) is 3.34. The quantitative estimate of drug-likeness (QED) is 0.513. The number of pyridine rings is 1. The van der Waals surface area contributed by atoms with Crippen LogP contribution in [-0.4, -0.2) is 21.7 Å². The second-order valence-electron chi connectivity index (χ2n) is 7.14. The number of aliphatic carboxylic acids is 1. The number of carboxylic acids is 1. The summed E-state index contributed by atoms with van der Waals surface area (Å²) in [4.78, 5) is 36.5. The van der Waals surface area contributed by atoms with E-state index in [1.54, 1.807) is 42.6 Å². The van der Waals surface area contributed by atoms with Gasteiger partial charge in [0.25, 0.3) is 5.56 Å². The third-order valence-electron chi connectivity index (χ3n) is 4.67. The van der Waals surface area contributed by atoms with Crippen LogP contribution in [0, 0.1) is 6.92 Å². The molecule has 0 spiro atoms. The Balaban J connectivity index is 1.75. The van der Waals surface area contributed by atoms with Crippen molar-refractivity contribution in [1.29, 1.82) is 0 Å². The first-order valence-corrected chi connectivity index (χ1v) is 9.99. The number of anilines is 1. The van der Waals surface area contributed by atoms with Gasteiger partial charge in [0, 0.05) is 11.2 Å². The highest BCUT2D eigenvalue weighted by molar-refractivity contribution is 6.30. The number of aromatic nitrogens is 1. The van der Waals surface area contributed by atoms with Crippen molar-refractivity contribution in [3.63, 3.8) is 0 Å². The number of carbonyl (C=O) groups is 2. The predicted octanol–water partition coefficient (Wildman–Crippen LogP) is 4.20. The summed E-state index contributed by atoms with van der Waals surface area (Å²) < 4.78 is 1.45. The molecule has 2 aromatic carbocycles. The van der Waals surface area contributed by atoms with E-state index in [1.807, 2.05) is 25.1 Å². The lowest BCUT2D eigenvalue weighted by molar-refractivity contribution is -0.137. The Morgan fingerprint density at radius 3 is 2.52 bits per heavy atom. The fraction of sp³-hybridized carbons (Fsp3) is 0.174. The van der Waals surface area contributed by atoms with Crippen LogP contribution in [0.3, 0.4) is 0 Å². The van der Waals surface area contributed by atoms with Gasteiger partial charge in [-0.3, -0.25) is 9.59 Å². The van der Waals surface area contributed by atoms with Crippen molar-refractivity contribution in [2.75, 3.05) is 5.32 Å². The summed E-state index contributed by atoms with van der Waals surface area (Å²) in [6, 6.07) is 16.1. The Morgan fingerprint density at radius 2 is 1.84 bits per heavy atom. The molecular weight excluding hydrogens is 418 g/mol. The van der Waals surface area contributed by atoms with E-state index < -0.39 is 18.0 Å². The lowest BCUT2D eigenvalue weighted by atomic mass is 10.0. The Bertz CT molecular complexity index is 1140. The second kappa shape index (κ2) is 9.95. The minimum Gasteiger partial charge on any atom is -0.481 e. The monoisotopic (exact) mass is 439 g/mol. The number of carbonyl (C=O) groups excluding carboxylic acids is 1. The van der Waals surface area contributed by atoms with Crippen LogP contribution < -0.4 is 16.2 Å². The van der Waals surface area contributed by atoms with Gasteiger partial charge in [0.15, 0.2) is 0 Å². The van der Waals surface area contributed by atoms with E-state index in [0.717, 1.165) is 11.1 Å². The third-order valence-corrected chi connectivity index (χ3v) is 4.91. The third kappa shape index (κ3) is 6.20. The molecule has 0 saturated carbocycles. The largest absolute Gasteiger partial charge is 0.481 e. The van der Waals surface area contributed by atoms with Crippen molar-refractivity contribution in [2.45, 2.75) is 25.9 Å². The normalized spacial score (nSPS) is 11.5. The topological polar surface area (TPSA) is 100 Å². The molecule has 3 N–H and O–H groups in total. The number of hydrogen-bond acceptors (Lipinski definition) is 3. The van der Waals surface area contributed by atoms with E-state index >= 15 is 0 Å². The molecule has 3 aromatic rings. The minimum absolute atomic E-state index is 0.0833. The number of rotatable bonds is 7. The number of benzene rings is 2. The lowest BCUT2D eigenvalue weighted by Crippen LogP contribution is -2.36. The van der Waals surface area contributed by atoms with E-state index in [9.17, 15) is 19.5 Å². The summed E-state index contributed by atoms with van der Waals surface area (Å²) in [5.41, 5.74) is 2.22. The minimum atomic E-state index is -1.05. The molecule has 1 atom stereocenters. The molecule has 3 rings (SSSR count). The van der Waals surface area contributed by atoms with E-state index in [4.69, 9.17) is 11.6 Å². The number of urea groups is 1. The summed E-state index contributed by atoms with van der Waals surface area (Å²) in [6.45, 7) is 2.21. The molecule has 0 unspecified atom stereocenters. The summed E-state index contributed by atoms with van der Waals surface area (Å²) in [5, 5.41) is 14.9. The van der Waals surface area contributed by atoms with E-state index in [-0.39, 0.29) is 17.7 Å². The van der Waals surface area contributed by atoms with Gasteiger partial charge in [0.2, 0.25) is 0 Å². The Kier molecular flexibility index (Phi) is 7.10. The number of nitrogens with one attached hydrogen (secondary N) is 2. The number of amides is 2. The Hall–Kier alpha value is -3.58. The van der Waals surface area contributed by atoms with Crippen molar-refractivity contribution in [2.24, 2.45) is 0 Å². The zero-order valence-electron chi connectivity index (χ0n) is 16.8. The summed E-state index contributed by atoms with van der Waals surface area (Å²) >= 11 is 6.00. The SMILES string of the molecule is Cc1ccc([C@H](CC(=O)O)NC(=O)Nc2cccn(Cc3cccc(Cl)c3)c2=O)cc1. The van der Waals surface area contributed by atoms with Crippen molar-refractivity contribution < 1.29 is 14.7 Å². The highest BCUT2D eigenvalue weighted by Gasteiger charge is 2.19. The van der Waals surface area contributed by atoms with E-state index in [1.165, 1.54) is 10.6 Å². The molecule has 0 bridgehead atoms. The zero-order valence-corrected chi connectivity index (χ0v) is 17.6. The number of aryl methyl sites for hydroxylation is 1. The highest BCUT2D eigenvalue weighted by Crippen LogP contribution is 2.18. The average molecular weight is 440 g/mol. The van der Waals surface area contributed by atoms with Gasteiger partial charge in [-0.15, -0.1) is 0 Å². The first kappa shape index (κ1) is 22.1. The van der Waals surface area contributed by atoms with Gasteiger partial charge < -0.3 is 20.3 Å². The first-order chi connectivity index (χ1) is 14.8. The predicted molar refractivity (Wildman–Crippen MR) is 120 cm³/mol. The van der Waals surface area contributed by atoms with Gasteiger partial charge in [-0.1, -0.05) is 53.6 Å². The number of hydrogen-bond donors (Lipinski definition) is 3. The van der Waals surface area contributed by atoms with Crippen LogP contribution in [0.1, 0.15) is 29.2 Å². The van der Waals surface area contributed by atoms with Crippen LogP contribution in [0.4, 0.5) is 10.5 Å². The molecule has 0 aliphatic carbocycles. The molecule has 7 nitrogen and oxygen atoms in total. The van der Waals surface area contributed by atoms with Gasteiger partial charge >= 0.3 is 12.0 Å². The van der Waals surface area contributed by atoms with Crippen LogP contribution in [0.2, 0.25) is 5.02 Å². The van der Waals surface area contributed by atoms with Crippen LogP contribution in [0.15, 0.2) is 71.7 Å². The summed E-state index contributed by atoms with van der Waals surface area (Å²) in [7, 11) is 0. The fourth-order valence-electron chi connectivity index (χ4n) is 3.13. The van der Waals surface area contributed by atoms with Crippen LogP contribution >= 0.6 is 11.6 Å². The highest BCUT2D eigenvalue weighted by atomic mass is 35.5. The standard InChI is InChI=1S/C23H22ClN3O4/c1-15-7-9-17(10-8-15)20(13-21(28)29)26-23(31)25-19-6-3-11-27(22(19)30)14-16-4-2-5-18(24)12-16/h2-12,20H,13-14H2,1H3,(H,28,29)(H2,25,26,31)/t20-/m0/s1. The van der Waals surface area contributed by atoms with Gasteiger partial charge in [0.1, 0.15) is 5.69 Å². The molecule has 0 aliphatic rings. The molecule has 8 heteroatoms. The zero-order chi connectivity index (χ0) is 22.4. The maximum Gasteiger partial charge on any atom is 0.319 e. The second-order valence-corrected chi connectivity index (χ2v) is 7.58. The van der Waals surface area contributed by atoms with Gasteiger partial charge in [-0.25, -0.2) is 4.79 Å². The van der Waals surface area contributed by atoms with Gasteiger partial charge in [-0.2, -0.15) is 0 Å². The molecule has 0 saturated heterocycles. The molecule has 0 radical (unpaired) electrons. The van der Waals surface area contributed by atoms with Crippen LogP contribution in [0.25, 0.3) is 0 Å². The van der Waals surface area contributed by atoms with E-state index in [2.05, 4.69) is 10.6 Å². The molecule has 0 fully saturated rings. The van der Waals surface area contributed by atoms with Crippen LogP contribution in [0.5, 0.6) is 0 Å². The maximum atomic E-state index is 12.8. The molecule has 1 aromatic heterocycles. The van der Waals surface area contributed by atoms with E-state index in [0.29, 0.717) is 17.1 Å². The summed E-state index contributed by atoms with van der Waals surface area (Å²) in [5.74, 6) is -1.05. The Morgan fingerprint density at radius 1 is 1.10 bits per heavy atom. The molecule has 2 amide bonds. The van der Waals surface area contributed by atoms with Gasteiger partial charge in [-0.05, 0) is 42.3 Å². The Labute approximate surface area is 184 Å². The molecule has 1 heterocycles. The van der Waals surface area contributed by atoms with Crippen molar-refractivity contribution in [3.8, 4) is 0 Å². The van der Waals surface area contributed by atoms with Crippen molar-refractivity contribution in [1.82, 2.24) is 9.88 Å². The smallest absolute Gasteiger partial charge is 0.319 e. The average Bonchev–Trinajstić information content (AvgIpc) is 2.71. The maximum absolute atomic E-state index is 12.8. The van der Waals surface area contributed by atoms with Crippen molar-refractivity contribution in [3.05, 3.63) is 98.9 Å². The number of carboxylic acid groups (broad SMARTS) is 1. The molecule has 31 heavy (non-hydrogen) atoms. The molecular formula is C23H22ClN3O4. The van der Waals surface area contributed by atoms with Crippen molar-refractivity contribution >= 4 is 29.3 Å². The first-order valence-electron chi connectivity index (χ1n) is 9.61. The van der Waals surface area contributed by atoms with Gasteiger partial charge in [0.05, 0.1) is 19.0 Å².